The fourth-order valence-corrected chi connectivity index (χ4v) is 3.85. The van der Waals surface area contributed by atoms with Gasteiger partial charge in [0.25, 0.3) is 0 Å². The van der Waals surface area contributed by atoms with Crippen molar-refractivity contribution in [3.63, 3.8) is 0 Å². The van der Waals surface area contributed by atoms with Crippen LogP contribution in [0.1, 0.15) is 45.6 Å². The van der Waals surface area contributed by atoms with E-state index in [0.717, 1.165) is 19.3 Å². The number of ether oxygens (including phenoxy) is 2. The number of rotatable bonds is 7. The number of methoxy groups -OCH3 is 1. The summed E-state index contributed by atoms with van der Waals surface area (Å²) in [6, 6.07) is 4.83. The highest BCUT2D eigenvalue weighted by Gasteiger charge is 2.35. The number of esters is 1. The molecule has 0 aromatic heterocycles. The van der Waals surface area contributed by atoms with E-state index in [9.17, 15) is 9.59 Å². The summed E-state index contributed by atoms with van der Waals surface area (Å²) in [6.45, 7) is 6.17. The monoisotopic (exact) mass is 377 g/mol. The van der Waals surface area contributed by atoms with Crippen LogP contribution < -0.4 is 14.8 Å². The second-order valence-corrected chi connectivity index (χ2v) is 7.77. The number of carbonyl (C=O) groups is 2. The van der Waals surface area contributed by atoms with E-state index >= 15 is 0 Å². The number of nitrogens with one attached hydrogen (secondary N) is 1. The van der Waals surface area contributed by atoms with Gasteiger partial charge in [-0.05, 0) is 48.3 Å². The lowest BCUT2D eigenvalue weighted by Gasteiger charge is -2.36. The van der Waals surface area contributed by atoms with E-state index in [2.05, 4.69) is 26.1 Å². The maximum Gasteiger partial charge on any atom is 0.330 e. The van der Waals surface area contributed by atoms with Crippen molar-refractivity contribution in [3.05, 3.63) is 23.8 Å². The van der Waals surface area contributed by atoms with Crippen LogP contribution in [0.2, 0.25) is 0 Å². The molecule has 2 N–H and O–H groups in total. The normalized spacial score (nSPS) is 22.4. The molecule has 1 aromatic carbocycles. The Bertz CT molecular complexity index is 658. The highest BCUT2D eigenvalue weighted by Crippen LogP contribution is 2.38. The Balaban J connectivity index is 1.93. The van der Waals surface area contributed by atoms with Gasteiger partial charge >= 0.3 is 5.97 Å². The molecule has 1 amide bonds. The van der Waals surface area contributed by atoms with Crippen LogP contribution in [0.3, 0.4) is 0 Å². The van der Waals surface area contributed by atoms with E-state index in [-0.39, 0.29) is 30.7 Å². The molecule has 0 aliphatic heterocycles. The number of hydrogen-bond donors (Lipinski definition) is 2. The first-order valence-electron chi connectivity index (χ1n) is 9.61. The summed E-state index contributed by atoms with van der Waals surface area (Å²) in [7, 11) is 1.46. The molecule has 1 aliphatic carbocycles. The fourth-order valence-electron chi connectivity index (χ4n) is 3.85. The average Bonchev–Trinajstić information content (AvgIpc) is 2.66. The van der Waals surface area contributed by atoms with Crippen LogP contribution in [0, 0.1) is 23.7 Å². The minimum absolute atomic E-state index is 0.0556. The van der Waals surface area contributed by atoms with Gasteiger partial charge in [-0.25, -0.2) is 4.79 Å². The first kappa shape index (κ1) is 21.2. The predicted octanol–water partition coefficient (Wildman–Crippen LogP) is 2.92. The molecule has 1 saturated carbocycles. The van der Waals surface area contributed by atoms with E-state index in [1.54, 1.807) is 18.2 Å². The summed E-state index contributed by atoms with van der Waals surface area (Å²) >= 11 is 0. The number of carbonyl (C=O) groups excluding carboxylic acids is 2. The number of aliphatic hydroxyl groups excluding tert-OH is 1. The molecule has 150 valence electrons. The Morgan fingerprint density at radius 3 is 2.63 bits per heavy atom. The molecule has 6 nitrogen and oxygen atoms in total. The van der Waals surface area contributed by atoms with E-state index in [0.29, 0.717) is 29.1 Å². The summed E-state index contributed by atoms with van der Waals surface area (Å²) < 4.78 is 10.5. The fraction of sp³-hybridized carbons (Fsp3) is 0.619. The summed E-state index contributed by atoms with van der Waals surface area (Å²) in [4.78, 5) is 24.8. The Hall–Kier alpha value is -2.08. The zero-order valence-electron chi connectivity index (χ0n) is 16.7. The van der Waals surface area contributed by atoms with Crippen molar-refractivity contribution >= 4 is 11.9 Å². The highest BCUT2D eigenvalue weighted by molar-refractivity contribution is 5.84. The van der Waals surface area contributed by atoms with Crippen molar-refractivity contribution in [3.8, 4) is 11.5 Å². The molecular formula is C21H31NO5. The van der Waals surface area contributed by atoms with Gasteiger partial charge in [0, 0.05) is 5.92 Å². The Morgan fingerprint density at radius 2 is 2.00 bits per heavy atom. The molecule has 0 spiro atoms. The number of benzene rings is 1. The van der Waals surface area contributed by atoms with Gasteiger partial charge in [0.15, 0.2) is 11.5 Å². The molecule has 1 fully saturated rings. The quantitative estimate of drug-likeness (QED) is 0.564. The number of amides is 1. The second-order valence-electron chi connectivity index (χ2n) is 7.77. The van der Waals surface area contributed by atoms with E-state index in [1.807, 2.05) is 0 Å². The molecule has 2 rings (SSSR count). The topological polar surface area (TPSA) is 84.9 Å². The molecule has 27 heavy (non-hydrogen) atoms. The minimum atomic E-state index is -0.552. The molecule has 0 heterocycles. The standard InChI is InChI=1S/C21H31NO5/c1-13(2)16-7-5-14(3)9-17(16)21(25)22-11-20(24)27-18-8-6-15(12-23)10-19(18)26-4/h6,8,10,13-14,16-17,23H,5,7,9,11-12H2,1-4H3,(H,22,25)/t14?,16-,17+/m0/s1. The van der Waals surface area contributed by atoms with Gasteiger partial charge in [0.05, 0.1) is 13.7 Å². The van der Waals surface area contributed by atoms with Crippen molar-refractivity contribution in [2.45, 2.75) is 46.6 Å². The van der Waals surface area contributed by atoms with E-state index < -0.39 is 5.97 Å². The van der Waals surface area contributed by atoms with Crippen molar-refractivity contribution < 1.29 is 24.2 Å². The molecule has 0 bridgehead atoms. The molecule has 6 heteroatoms. The second kappa shape index (κ2) is 9.74. The van der Waals surface area contributed by atoms with E-state index in [4.69, 9.17) is 14.6 Å². The van der Waals surface area contributed by atoms with Gasteiger partial charge in [-0.2, -0.15) is 0 Å². The minimum Gasteiger partial charge on any atom is -0.493 e. The smallest absolute Gasteiger partial charge is 0.330 e. The molecule has 3 atom stereocenters. The highest BCUT2D eigenvalue weighted by atomic mass is 16.6. The first-order chi connectivity index (χ1) is 12.8. The van der Waals surface area contributed by atoms with Gasteiger partial charge in [-0.3, -0.25) is 4.79 Å². The third-order valence-electron chi connectivity index (χ3n) is 5.40. The van der Waals surface area contributed by atoms with E-state index in [1.165, 1.54) is 7.11 Å². The lowest BCUT2D eigenvalue weighted by Crippen LogP contribution is -2.42. The third kappa shape index (κ3) is 5.70. The van der Waals surface area contributed by atoms with Crippen LogP contribution in [-0.4, -0.2) is 30.6 Å². The summed E-state index contributed by atoms with van der Waals surface area (Å²) in [6.07, 6.45) is 3.06. The van der Waals surface area contributed by atoms with Crippen molar-refractivity contribution in [2.75, 3.05) is 13.7 Å². The molecule has 1 aromatic rings. The van der Waals surface area contributed by atoms with Crippen LogP contribution in [0.25, 0.3) is 0 Å². The lowest BCUT2D eigenvalue weighted by atomic mass is 9.70. The number of aliphatic hydroxyl groups is 1. The average molecular weight is 377 g/mol. The molecule has 1 aliphatic rings. The molecule has 0 saturated heterocycles. The Morgan fingerprint density at radius 1 is 1.26 bits per heavy atom. The number of hydrogen-bond acceptors (Lipinski definition) is 5. The van der Waals surface area contributed by atoms with Gasteiger partial charge in [-0.15, -0.1) is 0 Å². The first-order valence-corrected chi connectivity index (χ1v) is 9.61. The zero-order valence-corrected chi connectivity index (χ0v) is 16.7. The summed E-state index contributed by atoms with van der Waals surface area (Å²) in [5.41, 5.74) is 0.658. The van der Waals surface area contributed by atoms with Crippen molar-refractivity contribution in [1.82, 2.24) is 5.32 Å². The van der Waals surface area contributed by atoms with Gasteiger partial charge in [-0.1, -0.05) is 33.3 Å². The Labute approximate surface area is 161 Å². The summed E-state index contributed by atoms with van der Waals surface area (Å²) in [5.74, 6) is 1.26. The molecule has 1 unspecified atom stereocenters. The Kier molecular flexibility index (Phi) is 7.66. The maximum absolute atomic E-state index is 12.7. The van der Waals surface area contributed by atoms with Gasteiger partial charge in [0.1, 0.15) is 6.54 Å². The summed E-state index contributed by atoms with van der Waals surface area (Å²) in [5, 5.41) is 11.9. The molecular weight excluding hydrogens is 346 g/mol. The SMILES string of the molecule is COc1cc(CO)ccc1OC(=O)CNC(=O)[C@@H]1CC(C)CC[C@H]1C(C)C. The largest absolute Gasteiger partial charge is 0.493 e. The van der Waals surface area contributed by atoms with Crippen molar-refractivity contribution in [1.29, 1.82) is 0 Å². The van der Waals surface area contributed by atoms with Crippen molar-refractivity contribution in [2.24, 2.45) is 23.7 Å². The van der Waals surface area contributed by atoms with Gasteiger partial charge < -0.3 is 19.9 Å². The van der Waals surface area contributed by atoms with Crippen LogP contribution in [0.15, 0.2) is 18.2 Å². The zero-order chi connectivity index (χ0) is 20.0. The van der Waals surface area contributed by atoms with Crippen LogP contribution in [0.4, 0.5) is 0 Å². The van der Waals surface area contributed by atoms with Crippen LogP contribution in [0.5, 0.6) is 11.5 Å². The molecule has 0 radical (unpaired) electrons. The third-order valence-corrected chi connectivity index (χ3v) is 5.40. The predicted molar refractivity (Wildman–Crippen MR) is 102 cm³/mol. The maximum atomic E-state index is 12.7. The van der Waals surface area contributed by atoms with Gasteiger partial charge in [0.2, 0.25) is 5.91 Å². The lowest BCUT2D eigenvalue weighted by molar-refractivity contribution is -0.137. The van der Waals surface area contributed by atoms with Crippen LogP contribution >= 0.6 is 0 Å². The van der Waals surface area contributed by atoms with Crippen LogP contribution in [-0.2, 0) is 16.2 Å².